The number of hydrogen-bond acceptors (Lipinski definition) is 4. The van der Waals surface area contributed by atoms with E-state index in [9.17, 15) is 9.59 Å². The lowest BCUT2D eigenvalue weighted by Crippen LogP contribution is -2.59. The molecule has 0 saturated carbocycles. The zero-order valence-electron chi connectivity index (χ0n) is 9.95. The molecule has 1 heterocycles. The van der Waals surface area contributed by atoms with Crippen LogP contribution in [-0.4, -0.2) is 48.2 Å². The standard InChI is InChI=1S/C10H19N3O3/c1-10(2,3)16-9(15)13-5-4-12-6-7(13)8(11)14/h7,12H,4-6H2,1-3H3,(H2,11,14)/t7-/m1/s1. The molecular weight excluding hydrogens is 210 g/mol. The Morgan fingerprint density at radius 1 is 1.44 bits per heavy atom. The van der Waals surface area contributed by atoms with Crippen molar-refractivity contribution in [1.82, 2.24) is 10.2 Å². The first kappa shape index (κ1) is 12.8. The maximum atomic E-state index is 11.8. The molecule has 92 valence electrons. The Balaban J connectivity index is 2.68. The Kier molecular flexibility index (Phi) is 3.74. The van der Waals surface area contributed by atoms with E-state index in [2.05, 4.69) is 5.32 Å². The molecule has 0 aromatic heterocycles. The SMILES string of the molecule is CC(C)(C)OC(=O)N1CCNC[C@@H]1C(N)=O. The number of piperazine rings is 1. The molecule has 1 saturated heterocycles. The highest BCUT2D eigenvalue weighted by Gasteiger charge is 2.33. The van der Waals surface area contributed by atoms with E-state index >= 15 is 0 Å². The van der Waals surface area contributed by atoms with Crippen molar-refractivity contribution >= 4 is 12.0 Å². The van der Waals surface area contributed by atoms with Crippen molar-refractivity contribution in [3.05, 3.63) is 0 Å². The molecule has 0 bridgehead atoms. The van der Waals surface area contributed by atoms with Crippen molar-refractivity contribution < 1.29 is 14.3 Å². The van der Waals surface area contributed by atoms with Crippen LogP contribution >= 0.6 is 0 Å². The summed E-state index contributed by atoms with van der Waals surface area (Å²) >= 11 is 0. The average molecular weight is 229 g/mol. The number of nitrogens with one attached hydrogen (secondary N) is 1. The van der Waals surface area contributed by atoms with Gasteiger partial charge < -0.3 is 15.8 Å². The molecule has 1 rings (SSSR count). The van der Waals surface area contributed by atoms with Gasteiger partial charge in [0.25, 0.3) is 0 Å². The Morgan fingerprint density at radius 2 is 2.06 bits per heavy atom. The van der Waals surface area contributed by atoms with E-state index in [1.54, 1.807) is 20.8 Å². The number of primary amides is 1. The maximum Gasteiger partial charge on any atom is 0.411 e. The smallest absolute Gasteiger partial charge is 0.411 e. The largest absolute Gasteiger partial charge is 0.444 e. The fourth-order valence-corrected chi connectivity index (χ4v) is 1.50. The molecule has 0 radical (unpaired) electrons. The average Bonchev–Trinajstić information content (AvgIpc) is 2.15. The van der Waals surface area contributed by atoms with Crippen molar-refractivity contribution in [3.63, 3.8) is 0 Å². The van der Waals surface area contributed by atoms with Gasteiger partial charge in [0.1, 0.15) is 11.6 Å². The van der Waals surface area contributed by atoms with Crippen LogP contribution in [0.4, 0.5) is 4.79 Å². The Hall–Kier alpha value is -1.30. The van der Waals surface area contributed by atoms with Gasteiger partial charge in [-0.05, 0) is 20.8 Å². The van der Waals surface area contributed by atoms with Gasteiger partial charge >= 0.3 is 6.09 Å². The first-order chi connectivity index (χ1) is 7.31. The second-order valence-corrected chi connectivity index (χ2v) is 4.80. The predicted octanol–water partition coefficient (Wildman–Crippen LogP) is -0.319. The van der Waals surface area contributed by atoms with Crippen LogP contribution < -0.4 is 11.1 Å². The predicted molar refractivity (Wildman–Crippen MR) is 58.8 cm³/mol. The van der Waals surface area contributed by atoms with Crippen molar-refractivity contribution in [2.75, 3.05) is 19.6 Å². The second kappa shape index (κ2) is 4.69. The van der Waals surface area contributed by atoms with Crippen LogP contribution in [0.5, 0.6) is 0 Å². The number of ether oxygens (including phenoxy) is 1. The maximum absolute atomic E-state index is 11.8. The van der Waals surface area contributed by atoms with Crippen LogP contribution in [-0.2, 0) is 9.53 Å². The van der Waals surface area contributed by atoms with E-state index in [0.29, 0.717) is 19.6 Å². The quantitative estimate of drug-likeness (QED) is 0.645. The van der Waals surface area contributed by atoms with Crippen LogP contribution in [0.1, 0.15) is 20.8 Å². The topological polar surface area (TPSA) is 84.7 Å². The molecule has 1 atom stereocenters. The monoisotopic (exact) mass is 229 g/mol. The third kappa shape index (κ3) is 3.37. The van der Waals surface area contributed by atoms with E-state index < -0.39 is 23.6 Å². The molecule has 0 unspecified atom stereocenters. The van der Waals surface area contributed by atoms with E-state index in [0.717, 1.165) is 0 Å². The summed E-state index contributed by atoms with van der Waals surface area (Å²) in [6.45, 7) is 6.81. The second-order valence-electron chi connectivity index (χ2n) is 4.80. The van der Waals surface area contributed by atoms with Gasteiger partial charge in [0.2, 0.25) is 5.91 Å². The zero-order valence-corrected chi connectivity index (χ0v) is 9.95. The van der Waals surface area contributed by atoms with Gasteiger partial charge in [0, 0.05) is 19.6 Å². The number of nitrogens with zero attached hydrogens (tertiary/aromatic N) is 1. The molecular formula is C10H19N3O3. The van der Waals surface area contributed by atoms with E-state index in [-0.39, 0.29) is 0 Å². The molecule has 6 nitrogen and oxygen atoms in total. The fraction of sp³-hybridized carbons (Fsp3) is 0.800. The van der Waals surface area contributed by atoms with Gasteiger partial charge in [0.15, 0.2) is 0 Å². The minimum Gasteiger partial charge on any atom is -0.444 e. The third-order valence-electron chi connectivity index (χ3n) is 2.20. The molecule has 2 amide bonds. The fourth-order valence-electron chi connectivity index (χ4n) is 1.50. The highest BCUT2D eigenvalue weighted by Crippen LogP contribution is 2.12. The lowest BCUT2D eigenvalue weighted by molar-refractivity contribution is -0.123. The lowest BCUT2D eigenvalue weighted by Gasteiger charge is -2.35. The van der Waals surface area contributed by atoms with Crippen LogP contribution in [0.2, 0.25) is 0 Å². The summed E-state index contributed by atoms with van der Waals surface area (Å²) in [7, 11) is 0. The van der Waals surface area contributed by atoms with Crippen LogP contribution in [0.15, 0.2) is 0 Å². The van der Waals surface area contributed by atoms with E-state index in [1.165, 1.54) is 4.90 Å². The summed E-state index contributed by atoms with van der Waals surface area (Å²) in [5, 5.41) is 3.01. The van der Waals surface area contributed by atoms with Gasteiger partial charge in [-0.25, -0.2) is 4.79 Å². The molecule has 0 aromatic rings. The minimum absolute atomic E-state index is 0.384. The number of nitrogens with two attached hydrogens (primary N) is 1. The number of carbonyl (C=O) groups is 2. The first-order valence-electron chi connectivity index (χ1n) is 5.31. The highest BCUT2D eigenvalue weighted by atomic mass is 16.6. The molecule has 3 N–H and O–H groups in total. The van der Waals surface area contributed by atoms with Crippen LogP contribution in [0.25, 0.3) is 0 Å². The summed E-state index contributed by atoms with van der Waals surface area (Å²) in [6.07, 6.45) is -0.488. The number of carbonyl (C=O) groups excluding carboxylic acids is 2. The van der Waals surface area contributed by atoms with E-state index in [4.69, 9.17) is 10.5 Å². The van der Waals surface area contributed by atoms with Crippen LogP contribution in [0, 0.1) is 0 Å². The molecule has 6 heteroatoms. The van der Waals surface area contributed by atoms with Gasteiger partial charge in [-0.3, -0.25) is 9.69 Å². The Morgan fingerprint density at radius 3 is 2.56 bits per heavy atom. The molecule has 1 fully saturated rings. The zero-order chi connectivity index (χ0) is 12.3. The normalized spacial score (nSPS) is 21.7. The van der Waals surface area contributed by atoms with E-state index in [1.807, 2.05) is 0 Å². The Bertz CT molecular complexity index is 286. The van der Waals surface area contributed by atoms with Gasteiger partial charge in [-0.15, -0.1) is 0 Å². The van der Waals surface area contributed by atoms with Gasteiger partial charge in [-0.1, -0.05) is 0 Å². The van der Waals surface area contributed by atoms with Gasteiger partial charge in [0.05, 0.1) is 0 Å². The van der Waals surface area contributed by atoms with Crippen molar-refractivity contribution in [2.24, 2.45) is 5.73 Å². The molecule has 0 aliphatic carbocycles. The summed E-state index contributed by atoms with van der Waals surface area (Å²) in [5.41, 5.74) is 4.67. The highest BCUT2D eigenvalue weighted by molar-refractivity contribution is 5.84. The van der Waals surface area contributed by atoms with Gasteiger partial charge in [-0.2, -0.15) is 0 Å². The summed E-state index contributed by atoms with van der Waals surface area (Å²) in [6, 6.07) is -0.622. The summed E-state index contributed by atoms with van der Waals surface area (Å²) in [4.78, 5) is 24.3. The minimum atomic E-state index is -0.622. The summed E-state index contributed by atoms with van der Waals surface area (Å²) in [5.74, 6) is -0.516. The van der Waals surface area contributed by atoms with Crippen molar-refractivity contribution in [2.45, 2.75) is 32.4 Å². The number of amides is 2. The van der Waals surface area contributed by atoms with Crippen molar-refractivity contribution in [3.8, 4) is 0 Å². The lowest BCUT2D eigenvalue weighted by atomic mass is 10.2. The third-order valence-corrected chi connectivity index (χ3v) is 2.20. The Labute approximate surface area is 95.1 Å². The first-order valence-corrected chi connectivity index (χ1v) is 5.31. The van der Waals surface area contributed by atoms with Crippen LogP contribution in [0.3, 0.4) is 0 Å². The summed E-state index contributed by atoms with van der Waals surface area (Å²) < 4.78 is 5.21. The molecule has 0 spiro atoms. The molecule has 16 heavy (non-hydrogen) atoms. The number of rotatable bonds is 1. The molecule has 0 aromatic carbocycles. The van der Waals surface area contributed by atoms with Crippen molar-refractivity contribution in [1.29, 1.82) is 0 Å². The number of hydrogen-bond donors (Lipinski definition) is 2. The molecule has 1 aliphatic heterocycles. The molecule has 1 aliphatic rings.